The van der Waals surface area contributed by atoms with E-state index < -0.39 is 23.3 Å². The Kier molecular flexibility index (Phi) is 6.50. The summed E-state index contributed by atoms with van der Waals surface area (Å²) in [5, 5.41) is 10.4. The number of hydrogen-bond acceptors (Lipinski definition) is 10. The molecule has 14 heteroatoms. The van der Waals surface area contributed by atoms with Gasteiger partial charge in [-0.2, -0.15) is 15.2 Å². The van der Waals surface area contributed by atoms with Crippen molar-refractivity contribution in [2.24, 2.45) is 0 Å². The summed E-state index contributed by atoms with van der Waals surface area (Å²) in [4.78, 5) is 13.4. The summed E-state index contributed by atoms with van der Waals surface area (Å²) in [6.45, 7) is 2.76. The number of nitrogens with zero attached hydrogens (tertiary/aromatic N) is 5. The van der Waals surface area contributed by atoms with Gasteiger partial charge >= 0.3 is 6.01 Å². The van der Waals surface area contributed by atoms with Crippen molar-refractivity contribution in [2.45, 2.75) is 37.0 Å². The first-order chi connectivity index (χ1) is 21.3. The van der Waals surface area contributed by atoms with Crippen LogP contribution in [-0.2, 0) is 4.74 Å². The summed E-state index contributed by atoms with van der Waals surface area (Å²) < 4.78 is 64.5. The van der Waals surface area contributed by atoms with Gasteiger partial charge in [-0.25, -0.2) is 13.2 Å². The van der Waals surface area contributed by atoms with Crippen molar-refractivity contribution < 1.29 is 27.4 Å². The summed E-state index contributed by atoms with van der Waals surface area (Å²) in [5.74, 6) is -0.821. The largest absolute Gasteiger partial charge is 0.489 e. The van der Waals surface area contributed by atoms with Crippen LogP contribution in [0, 0.1) is 23.0 Å². The van der Waals surface area contributed by atoms with Gasteiger partial charge in [0.2, 0.25) is 0 Å². The molecule has 2 aromatic heterocycles. The van der Waals surface area contributed by atoms with Gasteiger partial charge in [-0.1, -0.05) is 17.7 Å². The number of nitriles is 1. The number of nitrogens with two attached hydrogens (primary N) is 1. The van der Waals surface area contributed by atoms with Gasteiger partial charge < -0.3 is 24.8 Å². The normalized spacial score (nSPS) is 24.7. The van der Waals surface area contributed by atoms with Crippen molar-refractivity contribution >= 4 is 54.7 Å². The zero-order valence-electron chi connectivity index (χ0n) is 23.3. The number of fused-ring (bicyclic) bond motifs is 4. The molecule has 9 nitrogen and oxygen atoms in total. The number of ether oxygens (including phenoxy) is 3. The standard InChI is InChI=1S/C30H26ClF3N6O3S/c31-22-20(16-2-3-18(33)26-19(16)17(9-35)27(36)44-26)23(34)24-21-25(22)42-12-15-11-41-7-6-40(15)28(21)38-29(37-24)43-13-30-4-1-5-39(30)10-14(32)8-30/h2-3,14-15H,1,4-8,10-13,36H2/t14-,15+,30+/m1/s1. The molecule has 0 bridgehead atoms. The maximum atomic E-state index is 17.0. The average Bonchev–Trinajstić information content (AvgIpc) is 3.62. The number of morpholine rings is 1. The number of halogens is 4. The van der Waals surface area contributed by atoms with Crippen molar-refractivity contribution in [3.8, 4) is 29.0 Å². The SMILES string of the molecule is N#Cc1c(N)sc2c(F)ccc(-c3c(Cl)c4c5c(nc(OC[C@@]67CCCN6C[C@H](F)C7)nc5c3F)N3CCOC[C@H]3CO4)c12. The van der Waals surface area contributed by atoms with Gasteiger partial charge in [-0.05, 0) is 31.0 Å². The zero-order chi connectivity index (χ0) is 30.3. The number of alkyl halides is 1. The van der Waals surface area contributed by atoms with Gasteiger partial charge in [-0.15, -0.1) is 11.3 Å². The van der Waals surface area contributed by atoms with E-state index in [0.29, 0.717) is 38.5 Å². The number of nitrogen functional groups attached to an aromatic ring is 1. The van der Waals surface area contributed by atoms with Gasteiger partial charge in [-0.3, -0.25) is 4.90 Å². The maximum Gasteiger partial charge on any atom is 0.319 e. The highest BCUT2D eigenvalue weighted by Gasteiger charge is 2.49. The third kappa shape index (κ3) is 4.04. The maximum absolute atomic E-state index is 17.0. The van der Waals surface area contributed by atoms with Crippen LogP contribution in [0.3, 0.4) is 0 Å². The highest BCUT2D eigenvalue weighted by molar-refractivity contribution is 7.23. The Morgan fingerprint density at radius 3 is 2.93 bits per heavy atom. The minimum absolute atomic E-state index is 0.0339. The van der Waals surface area contributed by atoms with Gasteiger partial charge in [0.1, 0.15) is 47.6 Å². The minimum atomic E-state index is -0.936. The number of thiophene rings is 1. The number of aromatic nitrogens is 2. The Morgan fingerprint density at radius 1 is 1.23 bits per heavy atom. The molecule has 0 radical (unpaired) electrons. The predicted molar refractivity (Wildman–Crippen MR) is 160 cm³/mol. The van der Waals surface area contributed by atoms with Crippen molar-refractivity contribution in [1.29, 1.82) is 5.26 Å². The fourth-order valence-corrected chi connectivity index (χ4v) is 8.57. The van der Waals surface area contributed by atoms with Gasteiger partial charge in [0.05, 0.1) is 45.5 Å². The van der Waals surface area contributed by atoms with E-state index in [1.165, 1.54) is 12.1 Å². The zero-order valence-corrected chi connectivity index (χ0v) is 24.9. The highest BCUT2D eigenvalue weighted by atomic mass is 35.5. The van der Waals surface area contributed by atoms with Crippen LogP contribution in [-0.4, -0.2) is 78.7 Å². The van der Waals surface area contributed by atoms with Crippen LogP contribution in [0.25, 0.3) is 32.1 Å². The van der Waals surface area contributed by atoms with Crippen LogP contribution >= 0.6 is 22.9 Å². The Labute approximate surface area is 258 Å². The van der Waals surface area contributed by atoms with E-state index in [1.54, 1.807) is 0 Å². The molecular weight excluding hydrogens is 617 g/mol. The second-order valence-electron chi connectivity index (χ2n) is 11.7. The second kappa shape index (κ2) is 10.2. The molecule has 6 heterocycles. The Hall–Kier alpha value is -3.57. The van der Waals surface area contributed by atoms with Gasteiger partial charge in [0, 0.05) is 30.5 Å². The lowest BCUT2D eigenvalue weighted by atomic mass is 9.95. The van der Waals surface area contributed by atoms with Crippen molar-refractivity contribution in [3.05, 3.63) is 34.4 Å². The van der Waals surface area contributed by atoms with Crippen LogP contribution in [0.15, 0.2) is 12.1 Å². The van der Waals surface area contributed by atoms with Crippen molar-refractivity contribution in [2.75, 3.05) is 56.7 Å². The molecule has 0 amide bonds. The second-order valence-corrected chi connectivity index (χ2v) is 13.2. The summed E-state index contributed by atoms with van der Waals surface area (Å²) in [6.07, 6.45) is 1.15. The summed E-state index contributed by atoms with van der Waals surface area (Å²) in [7, 11) is 0. The third-order valence-electron chi connectivity index (χ3n) is 9.29. The number of anilines is 2. The summed E-state index contributed by atoms with van der Waals surface area (Å²) >= 11 is 7.87. The molecule has 0 unspecified atom stereocenters. The average molecular weight is 643 g/mol. The topological polar surface area (TPSA) is 110 Å². The molecule has 2 aromatic carbocycles. The number of rotatable bonds is 4. The smallest absolute Gasteiger partial charge is 0.319 e. The summed E-state index contributed by atoms with van der Waals surface area (Å²) in [5.41, 5.74) is 5.63. The molecule has 0 saturated carbocycles. The van der Waals surface area contributed by atoms with E-state index in [9.17, 15) is 14.0 Å². The molecule has 4 aliphatic rings. The first-order valence-electron chi connectivity index (χ1n) is 14.4. The molecule has 3 saturated heterocycles. The third-order valence-corrected chi connectivity index (χ3v) is 10.7. The summed E-state index contributed by atoms with van der Waals surface area (Å²) in [6, 6.07) is 4.30. The molecule has 228 valence electrons. The molecule has 4 aromatic rings. The molecule has 0 aliphatic carbocycles. The fraction of sp³-hybridized carbons (Fsp3) is 0.433. The Morgan fingerprint density at radius 2 is 2.09 bits per heavy atom. The molecule has 3 atom stereocenters. The Bertz CT molecular complexity index is 1900. The minimum Gasteiger partial charge on any atom is -0.489 e. The monoisotopic (exact) mass is 642 g/mol. The molecule has 8 rings (SSSR count). The van der Waals surface area contributed by atoms with E-state index in [0.717, 1.165) is 30.7 Å². The molecule has 0 spiro atoms. The lowest BCUT2D eigenvalue weighted by Crippen LogP contribution is -2.48. The van der Waals surface area contributed by atoms with Crippen molar-refractivity contribution in [3.63, 3.8) is 0 Å². The molecule has 3 fully saturated rings. The lowest BCUT2D eigenvalue weighted by molar-refractivity contribution is 0.0780. The number of benzene rings is 2. The van der Waals surface area contributed by atoms with Crippen LogP contribution in [0.1, 0.15) is 24.8 Å². The molecule has 2 N–H and O–H groups in total. The van der Waals surface area contributed by atoms with E-state index in [1.807, 2.05) is 11.0 Å². The van der Waals surface area contributed by atoms with Crippen LogP contribution in [0.4, 0.5) is 24.0 Å². The fourth-order valence-electron chi connectivity index (χ4n) is 7.29. The van der Waals surface area contributed by atoms with E-state index in [2.05, 4.69) is 9.88 Å². The van der Waals surface area contributed by atoms with E-state index >= 15 is 4.39 Å². The predicted octanol–water partition coefficient (Wildman–Crippen LogP) is 5.45. The van der Waals surface area contributed by atoms with Crippen LogP contribution < -0.4 is 20.1 Å². The molecule has 4 aliphatic heterocycles. The van der Waals surface area contributed by atoms with Crippen LogP contribution in [0.5, 0.6) is 11.8 Å². The van der Waals surface area contributed by atoms with E-state index in [4.69, 9.17) is 36.5 Å². The lowest BCUT2D eigenvalue weighted by Gasteiger charge is -2.35. The molecule has 44 heavy (non-hydrogen) atoms. The number of hydrogen-bond donors (Lipinski definition) is 1. The van der Waals surface area contributed by atoms with Crippen LogP contribution in [0.2, 0.25) is 5.02 Å². The van der Waals surface area contributed by atoms with Crippen molar-refractivity contribution in [1.82, 2.24) is 14.9 Å². The quantitative estimate of drug-likeness (QED) is 0.311. The van der Waals surface area contributed by atoms with Gasteiger partial charge in [0.15, 0.2) is 11.6 Å². The highest BCUT2D eigenvalue weighted by Crippen LogP contribution is 2.51. The van der Waals surface area contributed by atoms with Gasteiger partial charge in [0.25, 0.3) is 0 Å². The van der Waals surface area contributed by atoms with E-state index in [-0.39, 0.29) is 78.7 Å². The molecular formula is C30H26ClF3N6O3S. The Balaban J connectivity index is 1.34. The first kappa shape index (κ1) is 27.9. The first-order valence-corrected chi connectivity index (χ1v) is 15.6.